The molecule has 1 amide bonds. The maximum atomic E-state index is 13.1. The van der Waals surface area contributed by atoms with E-state index in [2.05, 4.69) is 31.9 Å². The van der Waals surface area contributed by atoms with E-state index in [4.69, 9.17) is 10.7 Å². The van der Waals surface area contributed by atoms with Crippen LogP contribution in [0.15, 0.2) is 24.4 Å². The molecule has 0 saturated heterocycles. The Morgan fingerprint density at radius 1 is 1.29 bits per heavy atom. The van der Waals surface area contributed by atoms with Crippen molar-refractivity contribution in [1.29, 1.82) is 0 Å². The number of nitrogens with two attached hydrogens (primary N) is 1. The minimum absolute atomic E-state index is 0. The Hall–Kier alpha value is -1.67. The molecule has 0 aliphatic carbocycles. The Balaban J connectivity index is 0.00000196. The number of hydrogen-bond acceptors (Lipinski definition) is 5. The molecule has 1 unspecified atom stereocenters. The number of pyridine rings is 1. The number of rotatable bonds is 5. The smallest absolute Gasteiger partial charge is 0.254 e. The molecule has 0 bridgehead atoms. The maximum Gasteiger partial charge on any atom is 0.254 e. The first-order chi connectivity index (χ1) is 12.3. The fraction of sp³-hybridized carbons (Fsp3) is 0.421. The maximum absolute atomic E-state index is 13.1. The number of aromatic nitrogens is 3. The van der Waals surface area contributed by atoms with Crippen molar-refractivity contribution in [2.24, 2.45) is 5.73 Å². The second-order valence-corrected chi connectivity index (χ2v) is 8.17. The van der Waals surface area contributed by atoms with Gasteiger partial charge in [-0.15, -0.1) is 36.2 Å². The zero-order chi connectivity index (χ0) is 19.0. The molecule has 0 saturated carbocycles. The summed E-state index contributed by atoms with van der Waals surface area (Å²) >= 11 is 1.67. The molecule has 0 fully saturated rings. The average Bonchev–Trinajstić information content (AvgIpc) is 3.24. The number of fused-ring (bicyclic) bond motifs is 1. The van der Waals surface area contributed by atoms with Crippen LogP contribution in [-0.2, 0) is 0 Å². The van der Waals surface area contributed by atoms with Gasteiger partial charge in [0.15, 0.2) is 5.65 Å². The molecule has 3 aromatic heterocycles. The average molecular weight is 444 g/mol. The van der Waals surface area contributed by atoms with Crippen molar-refractivity contribution in [3.8, 4) is 10.6 Å². The van der Waals surface area contributed by atoms with Crippen LogP contribution in [0.5, 0.6) is 0 Å². The highest BCUT2D eigenvalue weighted by molar-refractivity contribution is 7.15. The second-order valence-electron chi connectivity index (χ2n) is 6.89. The van der Waals surface area contributed by atoms with Crippen LogP contribution >= 0.6 is 36.2 Å². The van der Waals surface area contributed by atoms with Gasteiger partial charge in [0.25, 0.3) is 5.91 Å². The van der Waals surface area contributed by atoms with Crippen molar-refractivity contribution >= 4 is 53.1 Å². The third-order valence-electron chi connectivity index (χ3n) is 4.60. The molecule has 154 valence electrons. The zero-order valence-corrected chi connectivity index (χ0v) is 19.1. The van der Waals surface area contributed by atoms with Gasteiger partial charge in [-0.25, -0.2) is 9.67 Å². The summed E-state index contributed by atoms with van der Waals surface area (Å²) in [5.74, 6) is -0.0619. The van der Waals surface area contributed by atoms with Gasteiger partial charge >= 0.3 is 0 Å². The predicted molar refractivity (Wildman–Crippen MR) is 121 cm³/mol. The van der Waals surface area contributed by atoms with E-state index < -0.39 is 0 Å². The molecule has 0 aliphatic heterocycles. The molecular formula is C19H27Cl2N5OS. The Kier molecular flexibility index (Phi) is 8.44. The fourth-order valence-electron chi connectivity index (χ4n) is 2.82. The number of carbonyl (C=O) groups is 1. The van der Waals surface area contributed by atoms with Gasteiger partial charge in [-0.2, -0.15) is 5.10 Å². The molecule has 0 aliphatic rings. The van der Waals surface area contributed by atoms with Gasteiger partial charge in [-0.3, -0.25) is 4.79 Å². The number of aryl methyl sites for hydroxylation is 1. The van der Waals surface area contributed by atoms with E-state index in [1.165, 1.54) is 4.88 Å². The Bertz CT molecular complexity index is 953. The summed E-state index contributed by atoms with van der Waals surface area (Å²) in [7, 11) is 1.79. The third kappa shape index (κ3) is 4.49. The van der Waals surface area contributed by atoms with E-state index in [0.29, 0.717) is 12.1 Å². The van der Waals surface area contributed by atoms with Gasteiger partial charge in [0.2, 0.25) is 0 Å². The summed E-state index contributed by atoms with van der Waals surface area (Å²) in [6, 6.07) is 6.10. The van der Waals surface area contributed by atoms with Crippen molar-refractivity contribution in [2.45, 2.75) is 39.8 Å². The van der Waals surface area contributed by atoms with Gasteiger partial charge in [0.05, 0.1) is 27.7 Å². The highest BCUT2D eigenvalue weighted by atomic mass is 35.5. The van der Waals surface area contributed by atoms with Crippen molar-refractivity contribution < 1.29 is 4.79 Å². The van der Waals surface area contributed by atoms with E-state index in [1.54, 1.807) is 29.5 Å². The summed E-state index contributed by atoms with van der Waals surface area (Å²) in [4.78, 5) is 21.9. The van der Waals surface area contributed by atoms with Crippen LogP contribution in [0.2, 0.25) is 0 Å². The van der Waals surface area contributed by atoms with Gasteiger partial charge in [-0.05, 0) is 45.9 Å². The van der Waals surface area contributed by atoms with Crippen LogP contribution in [0.4, 0.5) is 0 Å². The van der Waals surface area contributed by atoms with Gasteiger partial charge in [-0.1, -0.05) is 0 Å². The number of amides is 1. The summed E-state index contributed by atoms with van der Waals surface area (Å²) in [6.07, 6.45) is 1.74. The number of nitrogens with zero attached hydrogens (tertiary/aromatic N) is 4. The van der Waals surface area contributed by atoms with Crippen LogP contribution < -0.4 is 5.73 Å². The molecule has 6 nitrogen and oxygen atoms in total. The minimum Gasteiger partial charge on any atom is -0.338 e. The fourth-order valence-corrected chi connectivity index (χ4v) is 3.65. The lowest BCUT2D eigenvalue weighted by molar-refractivity contribution is 0.0750. The molecule has 3 rings (SSSR count). The predicted octanol–water partition coefficient (Wildman–Crippen LogP) is 4.31. The number of thiophene rings is 1. The van der Waals surface area contributed by atoms with Gasteiger partial charge < -0.3 is 10.6 Å². The van der Waals surface area contributed by atoms with Crippen LogP contribution in [0.25, 0.3) is 21.6 Å². The number of carbonyl (C=O) groups excluding carboxylic acids is 1. The summed E-state index contributed by atoms with van der Waals surface area (Å²) in [6.45, 7) is 8.53. The van der Waals surface area contributed by atoms with Gasteiger partial charge in [0, 0.05) is 30.6 Å². The summed E-state index contributed by atoms with van der Waals surface area (Å²) in [5, 5.41) is 5.24. The molecule has 28 heavy (non-hydrogen) atoms. The first-order valence-electron chi connectivity index (χ1n) is 8.75. The topological polar surface area (TPSA) is 77.0 Å². The molecule has 9 heteroatoms. The molecule has 3 aromatic rings. The Morgan fingerprint density at radius 3 is 2.50 bits per heavy atom. The van der Waals surface area contributed by atoms with E-state index >= 15 is 0 Å². The van der Waals surface area contributed by atoms with E-state index in [-0.39, 0.29) is 42.8 Å². The molecule has 3 heterocycles. The lowest BCUT2D eigenvalue weighted by atomic mass is 10.1. The van der Waals surface area contributed by atoms with Crippen molar-refractivity contribution in [3.05, 3.63) is 34.8 Å². The normalized spacial score (nSPS) is 11.8. The van der Waals surface area contributed by atoms with Gasteiger partial charge in [0.1, 0.15) is 0 Å². The molecule has 2 N–H and O–H groups in total. The monoisotopic (exact) mass is 443 g/mol. The highest BCUT2D eigenvalue weighted by Gasteiger charge is 2.23. The van der Waals surface area contributed by atoms with Crippen LogP contribution in [0.1, 0.15) is 42.0 Å². The van der Waals surface area contributed by atoms with E-state index in [1.807, 2.05) is 23.7 Å². The van der Waals surface area contributed by atoms with Crippen molar-refractivity contribution in [3.63, 3.8) is 0 Å². The molecule has 0 spiro atoms. The van der Waals surface area contributed by atoms with Crippen molar-refractivity contribution in [2.75, 3.05) is 13.6 Å². The second kappa shape index (κ2) is 9.69. The lowest BCUT2D eigenvalue weighted by Crippen LogP contribution is -2.39. The number of hydrogen-bond donors (Lipinski definition) is 1. The summed E-state index contributed by atoms with van der Waals surface area (Å²) < 4.78 is 1.86. The zero-order valence-electron chi connectivity index (χ0n) is 16.7. The Morgan fingerprint density at radius 2 is 1.96 bits per heavy atom. The first-order valence-corrected chi connectivity index (χ1v) is 9.57. The first kappa shape index (κ1) is 24.4. The molecular weight excluding hydrogens is 417 g/mol. The van der Waals surface area contributed by atoms with Crippen LogP contribution in [0, 0.1) is 6.92 Å². The largest absolute Gasteiger partial charge is 0.338 e. The van der Waals surface area contributed by atoms with E-state index in [9.17, 15) is 4.79 Å². The van der Waals surface area contributed by atoms with Crippen LogP contribution in [0.3, 0.4) is 0 Å². The summed E-state index contributed by atoms with van der Waals surface area (Å²) in [5.41, 5.74) is 7.90. The lowest BCUT2D eigenvalue weighted by Gasteiger charge is -2.24. The van der Waals surface area contributed by atoms with Crippen LogP contribution in [-0.4, -0.2) is 45.2 Å². The molecule has 0 aromatic carbocycles. The van der Waals surface area contributed by atoms with Crippen molar-refractivity contribution in [1.82, 2.24) is 19.7 Å². The standard InChI is InChI=1S/C19H25N5OS.2ClH/c1-11(2)24-18-15(10-21-24)14(19(25)23(5)12(3)9-20)8-16(22-18)17-7-6-13(4)26-17;;/h6-8,10-12H,9,20H2,1-5H3;2*1H. The number of likely N-dealkylation sites (N-methyl/N-ethyl adjacent to an activating group) is 1. The highest BCUT2D eigenvalue weighted by Crippen LogP contribution is 2.31. The number of halogens is 2. The van der Waals surface area contributed by atoms with E-state index in [0.717, 1.165) is 21.6 Å². The quantitative estimate of drug-likeness (QED) is 0.636. The molecule has 1 atom stereocenters. The minimum atomic E-state index is -0.0619. The molecule has 0 radical (unpaired) electrons. The third-order valence-corrected chi connectivity index (χ3v) is 5.62. The SMILES string of the molecule is Cc1ccc(-c2cc(C(=O)N(C)C(C)CN)c3cnn(C(C)C)c3n2)s1.Cl.Cl. The Labute approximate surface area is 181 Å².